The molecule has 0 radical (unpaired) electrons. The zero-order valence-electron chi connectivity index (χ0n) is 9.61. The van der Waals surface area contributed by atoms with Crippen molar-refractivity contribution in [3.05, 3.63) is 35.9 Å². The van der Waals surface area contributed by atoms with E-state index in [0.29, 0.717) is 0 Å². The topological polar surface area (TPSA) is 38.9 Å². The summed E-state index contributed by atoms with van der Waals surface area (Å²) in [7, 11) is 0. The highest BCUT2D eigenvalue weighted by Crippen LogP contribution is 2.23. The number of aromatic nitrogens is 2. The molecule has 0 saturated carbocycles. The quantitative estimate of drug-likeness (QED) is 0.714. The Morgan fingerprint density at radius 3 is 2.33 bits per heavy atom. The van der Waals surface area contributed by atoms with Crippen LogP contribution < -0.4 is 0 Å². The average molecular weight is 204 g/mol. The van der Waals surface area contributed by atoms with Crippen LogP contribution in [-0.4, -0.2) is 10.1 Å². The smallest absolute Gasteiger partial charge is 0.143 e. The molecule has 0 bridgehead atoms. The fourth-order valence-electron chi connectivity index (χ4n) is 1.36. The van der Waals surface area contributed by atoms with Gasteiger partial charge in [0.15, 0.2) is 0 Å². The second-order valence-electron chi connectivity index (χ2n) is 2.91. The maximum atomic E-state index is 5.06. The first-order chi connectivity index (χ1) is 7.29. The van der Waals surface area contributed by atoms with Crippen molar-refractivity contribution in [3.8, 4) is 11.3 Å². The summed E-state index contributed by atoms with van der Waals surface area (Å²) >= 11 is 0. The molecule has 0 atom stereocenters. The maximum absolute atomic E-state index is 5.06. The first kappa shape index (κ1) is 11.4. The lowest BCUT2D eigenvalue weighted by Gasteiger charge is -1.96. The monoisotopic (exact) mass is 204 g/mol. The summed E-state index contributed by atoms with van der Waals surface area (Å²) < 4.78 is 5.06. The summed E-state index contributed by atoms with van der Waals surface area (Å²) in [4.78, 5) is 4.24. The van der Waals surface area contributed by atoms with E-state index < -0.39 is 0 Å². The van der Waals surface area contributed by atoms with E-state index in [1.807, 2.05) is 45.9 Å². The zero-order chi connectivity index (χ0) is 11.3. The van der Waals surface area contributed by atoms with Crippen molar-refractivity contribution >= 4 is 0 Å². The Hall–Kier alpha value is -1.64. The third-order valence-electron chi connectivity index (χ3n) is 1.95. The van der Waals surface area contributed by atoms with Gasteiger partial charge in [0.1, 0.15) is 5.76 Å². The van der Waals surface area contributed by atoms with Crippen molar-refractivity contribution in [1.29, 1.82) is 0 Å². The van der Waals surface area contributed by atoms with Crippen LogP contribution in [0.2, 0.25) is 0 Å². The lowest BCUT2D eigenvalue weighted by molar-refractivity contribution is 0.393. The van der Waals surface area contributed by atoms with Crippen LogP contribution in [0.25, 0.3) is 11.3 Å². The molecule has 2 aromatic heterocycles. The normalized spacial score (nSPS) is 9.33. The van der Waals surface area contributed by atoms with E-state index in [2.05, 4.69) is 10.1 Å². The van der Waals surface area contributed by atoms with Crippen molar-refractivity contribution in [2.24, 2.45) is 0 Å². The van der Waals surface area contributed by atoms with Gasteiger partial charge < -0.3 is 4.52 Å². The number of hydrogen-bond donors (Lipinski definition) is 0. The van der Waals surface area contributed by atoms with Crippen LogP contribution in [0.4, 0.5) is 0 Å². The Morgan fingerprint density at radius 1 is 1.13 bits per heavy atom. The molecular formula is C12H16N2O. The molecule has 0 aliphatic heterocycles. The Balaban J connectivity index is 0.000000531. The van der Waals surface area contributed by atoms with Gasteiger partial charge in [0.25, 0.3) is 0 Å². The Bertz CT molecular complexity index is 387. The van der Waals surface area contributed by atoms with E-state index in [1.165, 1.54) is 0 Å². The summed E-state index contributed by atoms with van der Waals surface area (Å²) in [5.74, 6) is 0.816. The molecule has 3 heteroatoms. The van der Waals surface area contributed by atoms with Crippen LogP contribution >= 0.6 is 0 Å². The largest absolute Gasteiger partial charge is 0.361 e. The molecule has 2 rings (SSSR count). The molecule has 15 heavy (non-hydrogen) atoms. The molecule has 80 valence electrons. The number of aryl methyl sites for hydroxylation is 2. The highest BCUT2D eigenvalue weighted by atomic mass is 16.5. The lowest BCUT2D eigenvalue weighted by atomic mass is 10.1. The van der Waals surface area contributed by atoms with Gasteiger partial charge in [-0.2, -0.15) is 0 Å². The van der Waals surface area contributed by atoms with Crippen LogP contribution in [0.15, 0.2) is 28.9 Å². The standard InChI is InChI=1S/C10H10N2O.C2H6/c1-7-10(8(2)13-12-7)9-5-3-4-6-11-9;1-2/h3-6H,1-2H3;1-2H3. The van der Waals surface area contributed by atoms with Gasteiger partial charge >= 0.3 is 0 Å². The second-order valence-corrected chi connectivity index (χ2v) is 2.91. The molecule has 0 saturated heterocycles. The van der Waals surface area contributed by atoms with E-state index in [4.69, 9.17) is 4.52 Å². The fraction of sp³-hybridized carbons (Fsp3) is 0.333. The SMILES string of the molecule is CC.Cc1noc(C)c1-c1ccccn1. The van der Waals surface area contributed by atoms with Gasteiger partial charge in [-0.25, -0.2) is 0 Å². The van der Waals surface area contributed by atoms with Crippen LogP contribution in [0, 0.1) is 13.8 Å². The number of pyridine rings is 1. The zero-order valence-corrected chi connectivity index (χ0v) is 9.61. The summed E-state index contributed by atoms with van der Waals surface area (Å²) in [5.41, 5.74) is 2.80. The van der Waals surface area contributed by atoms with Gasteiger partial charge in [-0.05, 0) is 26.0 Å². The van der Waals surface area contributed by atoms with Crippen molar-refractivity contribution < 1.29 is 4.52 Å². The first-order valence-electron chi connectivity index (χ1n) is 5.13. The predicted octanol–water partition coefficient (Wildman–Crippen LogP) is 3.38. The van der Waals surface area contributed by atoms with E-state index in [0.717, 1.165) is 22.7 Å². The molecule has 0 amide bonds. The van der Waals surface area contributed by atoms with Gasteiger partial charge in [0.05, 0.1) is 17.0 Å². The van der Waals surface area contributed by atoms with E-state index in [-0.39, 0.29) is 0 Å². The Labute approximate surface area is 90.1 Å². The van der Waals surface area contributed by atoms with Gasteiger partial charge in [0.2, 0.25) is 0 Å². The minimum Gasteiger partial charge on any atom is -0.361 e. The minimum absolute atomic E-state index is 0.816. The van der Waals surface area contributed by atoms with Crippen LogP contribution in [0.1, 0.15) is 25.3 Å². The summed E-state index contributed by atoms with van der Waals surface area (Å²) in [6.45, 7) is 7.81. The predicted molar refractivity (Wildman–Crippen MR) is 60.6 cm³/mol. The Morgan fingerprint density at radius 2 is 1.87 bits per heavy atom. The Kier molecular flexibility index (Phi) is 4.03. The molecule has 0 aliphatic carbocycles. The van der Waals surface area contributed by atoms with Crippen molar-refractivity contribution in [3.63, 3.8) is 0 Å². The maximum Gasteiger partial charge on any atom is 0.143 e. The second kappa shape index (κ2) is 5.29. The number of rotatable bonds is 1. The van der Waals surface area contributed by atoms with Crippen LogP contribution in [0.3, 0.4) is 0 Å². The molecule has 0 aromatic carbocycles. The van der Waals surface area contributed by atoms with Crippen LogP contribution in [0.5, 0.6) is 0 Å². The minimum atomic E-state index is 0.816. The summed E-state index contributed by atoms with van der Waals surface area (Å²) in [6, 6.07) is 5.79. The third-order valence-corrected chi connectivity index (χ3v) is 1.95. The molecule has 0 spiro atoms. The van der Waals surface area contributed by atoms with Gasteiger partial charge in [0, 0.05) is 6.20 Å². The summed E-state index contributed by atoms with van der Waals surface area (Å²) in [6.07, 6.45) is 1.77. The number of hydrogen-bond acceptors (Lipinski definition) is 3. The average Bonchev–Trinajstić information content (AvgIpc) is 2.63. The third kappa shape index (κ3) is 2.43. The van der Waals surface area contributed by atoms with Crippen molar-refractivity contribution in [1.82, 2.24) is 10.1 Å². The highest BCUT2D eigenvalue weighted by Gasteiger charge is 2.11. The van der Waals surface area contributed by atoms with Gasteiger partial charge in [-0.15, -0.1) is 0 Å². The van der Waals surface area contributed by atoms with Crippen molar-refractivity contribution in [2.45, 2.75) is 27.7 Å². The molecule has 2 heterocycles. The first-order valence-corrected chi connectivity index (χ1v) is 5.13. The van der Waals surface area contributed by atoms with Gasteiger partial charge in [-0.3, -0.25) is 4.98 Å². The highest BCUT2D eigenvalue weighted by molar-refractivity contribution is 5.63. The molecule has 0 aliphatic rings. The van der Waals surface area contributed by atoms with E-state index in [1.54, 1.807) is 6.20 Å². The molecule has 0 unspecified atom stereocenters. The molecule has 2 aromatic rings. The fourth-order valence-corrected chi connectivity index (χ4v) is 1.36. The molecular weight excluding hydrogens is 188 g/mol. The molecule has 3 nitrogen and oxygen atoms in total. The molecule has 0 fully saturated rings. The molecule has 0 N–H and O–H groups in total. The van der Waals surface area contributed by atoms with E-state index >= 15 is 0 Å². The van der Waals surface area contributed by atoms with E-state index in [9.17, 15) is 0 Å². The lowest BCUT2D eigenvalue weighted by Crippen LogP contribution is -1.84. The van der Waals surface area contributed by atoms with Crippen LogP contribution in [-0.2, 0) is 0 Å². The van der Waals surface area contributed by atoms with Crippen molar-refractivity contribution in [2.75, 3.05) is 0 Å². The number of nitrogens with zero attached hydrogens (tertiary/aromatic N) is 2. The van der Waals surface area contributed by atoms with Gasteiger partial charge in [-0.1, -0.05) is 25.1 Å². The summed E-state index contributed by atoms with van der Waals surface area (Å²) in [5, 5.41) is 3.88.